The Morgan fingerprint density at radius 3 is 2.84 bits per heavy atom. The number of sulfonamides is 1. The molecule has 2 saturated heterocycles. The van der Waals surface area contributed by atoms with Crippen molar-refractivity contribution >= 4 is 15.9 Å². The first-order valence-corrected chi connectivity index (χ1v) is 10.4. The molecule has 0 aliphatic carbocycles. The average molecular weight is 370 g/mol. The van der Waals surface area contributed by atoms with E-state index in [1.807, 2.05) is 17.2 Å². The van der Waals surface area contributed by atoms with E-state index in [0.29, 0.717) is 45.8 Å². The molecule has 0 spiro atoms. The number of aryl methyl sites for hydroxylation is 1. The quantitative estimate of drug-likeness (QED) is 0.705. The van der Waals surface area contributed by atoms with Gasteiger partial charge in [0.25, 0.3) is 0 Å². The van der Waals surface area contributed by atoms with Gasteiger partial charge in [-0.3, -0.25) is 9.48 Å². The predicted octanol–water partition coefficient (Wildman–Crippen LogP) is 0.0297. The molecule has 0 N–H and O–H groups in total. The van der Waals surface area contributed by atoms with E-state index < -0.39 is 10.0 Å². The van der Waals surface area contributed by atoms with Gasteiger partial charge in [0.1, 0.15) is 0 Å². The van der Waals surface area contributed by atoms with Crippen molar-refractivity contribution < 1.29 is 17.9 Å². The molecular weight excluding hydrogens is 344 g/mol. The zero-order chi connectivity index (χ0) is 18.1. The Labute approximate surface area is 148 Å². The molecule has 1 amide bonds. The van der Waals surface area contributed by atoms with E-state index in [2.05, 4.69) is 5.10 Å². The fourth-order valence-corrected chi connectivity index (χ4v) is 4.98. The topological polar surface area (TPSA) is 84.7 Å². The van der Waals surface area contributed by atoms with Gasteiger partial charge in [-0.25, -0.2) is 12.7 Å². The molecule has 0 bridgehead atoms. The van der Waals surface area contributed by atoms with E-state index >= 15 is 0 Å². The van der Waals surface area contributed by atoms with Crippen LogP contribution in [0.2, 0.25) is 0 Å². The van der Waals surface area contributed by atoms with Crippen LogP contribution < -0.4 is 0 Å². The average Bonchev–Trinajstić information content (AvgIpc) is 3.19. The monoisotopic (exact) mass is 370 g/mol. The Morgan fingerprint density at radius 1 is 1.40 bits per heavy atom. The van der Waals surface area contributed by atoms with Crippen LogP contribution in [0.3, 0.4) is 0 Å². The smallest absolute Gasteiger partial charge is 0.224 e. The number of carbonyl (C=O) groups is 1. The van der Waals surface area contributed by atoms with Crippen molar-refractivity contribution in [3.63, 3.8) is 0 Å². The Morgan fingerprint density at radius 2 is 2.20 bits per heavy atom. The largest absolute Gasteiger partial charge is 0.384 e. The van der Waals surface area contributed by atoms with Crippen molar-refractivity contribution in [1.82, 2.24) is 19.0 Å². The third kappa shape index (κ3) is 3.88. The third-order valence-electron chi connectivity index (χ3n) is 5.47. The molecule has 140 valence electrons. The number of carbonyl (C=O) groups excluding carboxylic acids is 1. The van der Waals surface area contributed by atoms with Crippen molar-refractivity contribution in [1.29, 1.82) is 0 Å². The summed E-state index contributed by atoms with van der Waals surface area (Å²) in [6.45, 7) is 3.28. The number of rotatable bonds is 6. The molecule has 8 nitrogen and oxygen atoms in total. The minimum atomic E-state index is -3.23. The number of amides is 1. The van der Waals surface area contributed by atoms with Crippen LogP contribution in [0.1, 0.15) is 12.8 Å². The number of hydrogen-bond donors (Lipinski definition) is 0. The molecule has 0 radical (unpaired) electrons. The van der Waals surface area contributed by atoms with Gasteiger partial charge in [-0.05, 0) is 18.4 Å². The van der Waals surface area contributed by atoms with Crippen molar-refractivity contribution in [3.05, 3.63) is 18.5 Å². The summed E-state index contributed by atoms with van der Waals surface area (Å²) in [4.78, 5) is 14.4. The summed E-state index contributed by atoms with van der Waals surface area (Å²) >= 11 is 0. The summed E-state index contributed by atoms with van der Waals surface area (Å²) in [5.74, 6) is 0.212. The van der Waals surface area contributed by atoms with Gasteiger partial charge in [0.2, 0.25) is 15.9 Å². The van der Waals surface area contributed by atoms with Gasteiger partial charge in [0.15, 0.2) is 0 Å². The number of ether oxygens (including phenoxy) is 1. The molecule has 2 fully saturated rings. The molecule has 0 aromatic carbocycles. The summed E-state index contributed by atoms with van der Waals surface area (Å²) < 4.78 is 32.6. The van der Waals surface area contributed by atoms with Gasteiger partial charge in [-0.1, -0.05) is 0 Å². The first-order chi connectivity index (χ1) is 11.8. The highest BCUT2D eigenvalue weighted by molar-refractivity contribution is 7.88. The first kappa shape index (κ1) is 18.3. The van der Waals surface area contributed by atoms with E-state index in [1.165, 1.54) is 10.6 Å². The van der Waals surface area contributed by atoms with Crippen molar-refractivity contribution in [2.75, 3.05) is 46.2 Å². The SMILES string of the molecule is COC[C@@]12CCN(C(=O)CCn3cccn3)C[C@@H]1CN(S(C)(=O)=O)C2. The number of fused-ring (bicyclic) bond motifs is 1. The highest BCUT2D eigenvalue weighted by Crippen LogP contribution is 2.43. The highest BCUT2D eigenvalue weighted by Gasteiger charge is 2.52. The van der Waals surface area contributed by atoms with Crippen LogP contribution >= 0.6 is 0 Å². The highest BCUT2D eigenvalue weighted by atomic mass is 32.2. The van der Waals surface area contributed by atoms with E-state index in [9.17, 15) is 13.2 Å². The molecule has 3 heterocycles. The molecule has 9 heteroatoms. The zero-order valence-electron chi connectivity index (χ0n) is 14.8. The van der Waals surface area contributed by atoms with E-state index in [0.717, 1.165) is 6.42 Å². The molecule has 25 heavy (non-hydrogen) atoms. The maximum Gasteiger partial charge on any atom is 0.224 e. The lowest BCUT2D eigenvalue weighted by Crippen LogP contribution is -2.51. The van der Waals surface area contributed by atoms with E-state index in [-0.39, 0.29) is 17.2 Å². The van der Waals surface area contributed by atoms with Crippen molar-refractivity contribution in [2.24, 2.45) is 11.3 Å². The Hall–Kier alpha value is -1.45. The standard InChI is InChI=1S/C16H26N4O4S/c1-24-13-16-5-9-18(15(21)4-8-19-7-3-6-17-19)10-14(16)11-20(12-16)25(2,22)23/h3,6-7,14H,4-5,8-13H2,1-2H3/t14-,16+/m1/s1. The van der Waals surface area contributed by atoms with Gasteiger partial charge in [0, 0.05) is 64.1 Å². The molecule has 2 aliphatic heterocycles. The third-order valence-corrected chi connectivity index (χ3v) is 6.69. The summed E-state index contributed by atoms with van der Waals surface area (Å²) in [6.07, 6.45) is 5.96. The number of likely N-dealkylation sites (tertiary alicyclic amines) is 1. The fraction of sp³-hybridized carbons (Fsp3) is 0.750. The summed E-state index contributed by atoms with van der Waals surface area (Å²) in [7, 11) is -1.58. The molecule has 0 unspecified atom stereocenters. The number of methoxy groups -OCH3 is 1. The maximum absolute atomic E-state index is 12.5. The van der Waals surface area contributed by atoms with Gasteiger partial charge in [-0.2, -0.15) is 5.10 Å². The predicted molar refractivity (Wildman–Crippen MR) is 92.3 cm³/mol. The molecule has 0 saturated carbocycles. The summed E-state index contributed by atoms with van der Waals surface area (Å²) in [6, 6.07) is 1.84. The molecule has 1 aromatic rings. The Kier molecular flexibility index (Phi) is 5.17. The molecule has 2 atom stereocenters. The van der Waals surface area contributed by atoms with Crippen LogP contribution in [-0.4, -0.2) is 79.5 Å². The number of piperidine rings is 1. The van der Waals surface area contributed by atoms with Crippen molar-refractivity contribution in [2.45, 2.75) is 19.4 Å². The van der Waals surface area contributed by atoms with Gasteiger partial charge < -0.3 is 9.64 Å². The number of hydrogen-bond acceptors (Lipinski definition) is 5. The van der Waals surface area contributed by atoms with E-state index in [1.54, 1.807) is 18.0 Å². The Balaban J connectivity index is 1.65. The van der Waals surface area contributed by atoms with Crippen LogP contribution in [0.15, 0.2) is 18.5 Å². The van der Waals surface area contributed by atoms with E-state index in [4.69, 9.17) is 4.74 Å². The maximum atomic E-state index is 12.5. The normalized spacial score (nSPS) is 27.4. The van der Waals surface area contributed by atoms with Gasteiger partial charge >= 0.3 is 0 Å². The molecule has 3 rings (SSSR count). The van der Waals surface area contributed by atoms with Gasteiger partial charge in [-0.15, -0.1) is 0 Å². The minimum Gasteiger partial charge on any atom is -0.384 e. The van der Waals surface area contributed by atoms with Crippen LogP contribution in [0, 0.1) is 11.3 Å². The summed E-state index contributed by atoms with van der Waals surface area (Å²) in [5.41, 5.74) is -0.184. The fourth-order valence-electron chi connectivity index (χ4n) is 4.04. The second-order valence-corrected chi connectivity index (χ2v) is 9.14. The number of nitrogens with zero attached hydrogens (tertiary/aromatic N) is 4. The van der Waals surface area contributed by atoms with Crippen LogP contribution in [0.5, 0.6) is 0 Å². The lowest BCUT2D eigenvalue weighted by molar-refractivity contribution is -0.135. The lowest BCUT2D eigenvalue weighted by atomic mass is 9.73. The van der Waals surface area contributed by atoms with Crippen LogP contribution in [-0.2, 0) is 26.1 Å². The summed E-state index contributed by atoms with van der Waals surface area (Å²) in [5, 5.41) is 4.11. The first-order valence-electron chi connectivity index (χ1n) is 8.53. The molecule has 2 aliphatic rings. The number of aromatic nitrogens is 2. The molecule has 1 aromatic heterocycles. The Bertz CT molecular complexity index is 706. The second-order valence-electron chi connectivity index (χ2n) is 7.16. The second kappa shape index (κ2) is 7.05. The van der Waals surface area contributed by atoms with Crippen LogP contribution in [0.4, 0.5) is 0 Å². The zero-order valence-corrected chi connectivity index (χ0v) is 15.6. The lowest BCUT2D eigenvalue weighted by Gasteiger charge is -2.43. The minimum absolute atomic E-state index is 0.0966. The van der Waals surface area contributed by atoms with Crippen LogP contribution in [0.25, 0.3) is 0 Å². The van der Waals surface area contributed by atoms with Crippen molar-refractivity contribution in [3.8, 4) is 0 Å². The van der Waals surface area contributed by atoms with Gasteiger partial charge in [0.05, 0.1) is 12.9 Å². The molecular formula is C16H26N4O4S.